The molecule has 0 spiro atoms. The van der Waals surface area contributed by atoms with Crippen LogP contribution in [0, 0.1) is 4.91 Å². The van der Waals surface area contributed by atoms with E-state index in [2.05, 4.69) is 9.91 Å². The van der Waals surface area contributed by atoms with Crippen LogP contribution in [0.25, 0.3) is 0 Å². The molecule has 2 atom stereocenters. The lowest BCUT2D eigenvalue weighted by atomic mass is 10.2. The smallest absolute Gasteiger partial charge is 0.143 e. The van der Waals surface area contributed by atoms with Crippen LogP contribution in [0.5, 0.6) is 0 Å². The zero-order chi connectivity index (χ0) is 7.98. The summed E-state index contributed by atoms with van der Waals surface area (Å²) in [7, 11) is 1.34. The molecule has 0 amide bonds. The Bertz CT molecular complexity index is 93.6. The van der Waals surface area contributed by atoms with E-state index in [-0.39, 0.29) is 6.61 Å². The van der Waals surface area contributed by atoms with Crippen molar-refractivity contribution in [3.05, 3.63) is 4.91 Å². The molecular formula is C5H11NO4. The average molecular weight is 149 g/mol. The van der Waals surface area contributed by atoms with Gasteiger partial charge in [-0.1, -0.05) is 5.18 Å². The lowest BCUT2D eigenvalue weighted by molar-refractivity contribution is 0.0175. The van der Waals surface area contributed by atoms with Crippen molar-refractivity contribution in [2.24, 2.45) is 5.18 Å². The second kappa shape index (κ2) is 5.28. The number of ether oxygens (including phenoxy) is 1. The Morgan fingerprint density at radius 2 is 2.10 bits per heavy atom. The first-order chi connectivity index (χ1) is 4.79. The molecule has 2 N–H and O–H groups in total. The van der Waals surface area contributed by atoms with Gasteiger partial charge in [0.15, 0.2) is 0 Å². The van der Waals surface area contributed by atoms with Crippen LogP contribution in [-0.4, -0.2) is 42.7 Å². The van der Waals surface area contributed by atoms with Gasteiger partial charge in [-0.15, -0.1) is 0 Å². The van der Waals surface area contributed by atoms with Gasteiger partial charge in [-0.05, 0) is 0 Å². The van der Waals surface area contributed by atoms with Gasteiger partial charge in [0.25, 0.3) is 0 Å². The Balaban J connectivity index is 3.81. The first kappa shape index (κ1) is 9.48. The van der Waals surface area contributed by atoms with Crippen molar-refractivity contribution in [3.63, 3.8) is 0 Å². The molecule has 60 valence electrons. The first-order valence-corrected chi connectivity index (χ1v) is 2.87. The van der Waals surface area contributed by atoms with Gasteiger partial charge >= 0.3 is 0 Å². The minimum Gasteiger partial charge on any atom is -0.394 e. The van der Waals surface area contributed by atoms with Crippen molar-refractivity contribution in [1.82, 2.24) is 0 Å². The first-order valence-electron chi connectivity index (χ1n) is 2.87. The normalized spacial score (nSPS) is 16.3. The average Bonchev–Trinajstić information content (AvgIpc) is 2.00. The topological polar surface area (TPSA) is 79.1 Å². The molecule has 0 saturated carbocycles. The zero-order valence-corrected chi connectivity index (χ0v) is 5.73. The summed E-state index contributed by atoms with van der Waals surface area (Å²) >= 11 is 0. The molecule has 2 unspecified atom stereocenters. The van der Waals surface area contributed by atoms with Crippen LogP contribution in [0.1, 0.15) is 0 Å². The van der Waals surface area contributed by atoms with E-state index in [0.717, 1.165) is 0 Å². The highest BCUT2D eigenvalue weighted by Crippen LogP contribution is 2.00. The molecule has 0 aromatic rings. The SMILES string of the molecule is COC(CO)C(CO)N=O. The summed E-state index contributed by atoms with van der Waals surface area (Å²) in [6.07, 6.45) is -0.692. The molecule has 0 aliphatic heterocycles. The fourth-order valence-electron chi connectivity index (χ4n) is 0.572. The largest absolute Gasteiger partial charge is 0.394 e. The van der Waals surface area contributed by atoms with Crippen molar-refractivity contribution in [3.8, 4) is 0 Å². The molecule has 10 heavy (non-hydrogen) atoms. The molecule has 0 aromatic carbocycles. The predicted molar refractivity (Wildman–Crippen MR) is 34.6 cm³/mol. The van der Waals surface area contributed by atoms with Crippen LogP contribution >= 0.6 is 0 Å². The molecule has 0 aliphatic rings. The van der Waals surface area contributed by atoms with Gasteiger partial charge in [-0.3, -0.25) is 0 Å². The molecule has 0 heterocycles. The Labute approximate surface area is 58.6 Å². The van der Waals surface area contributed by atoms with Gasteiger partial charge in [0.05, 0.1) is 13.2 Å². The Kier molecular flexibility index (Phi) is 5.00. The highest BCUT2D eigenvalue weighted by molar-refractivity contribution is 4.74. The number of aliphatic hydroxyl groups excluding tert-OH is 2. The summed E-state index contributed by atoms with van der Waals surface area (Å²) in [5.74, 6) is 0. The lowest BCUT2D eigenvalue weighted by Gasteiger charge is -2.14. The van der Waals surface area contributed by atoms with Gasteiger partial charge < -0.3 is 14.9 Å². The van der Waals surface area contributed by atoms with Crippen LogP contribution in [0.4, 0.5) is 0 Å². The number of methoxy groups -OCH3 is 1. The molecular weight excluding hydrogens is 138 g/mol. The fraction of sp³-hybridized carbons (Fsp3) is 1.00. The maximum Gasteiger partial charge on any atom is 0.143 e. The molecule has 0 radical (unpaired) electrons. The molecule has 0 aliphatic carbocycles. The summed E-state index contributed by atoms with van der Waals surface area (Å²) in [4.78, 5) is 9.89. The summed E-state index contributed by atoms with van der Waals surface area (Å²) in [6, 6.07) is -0.866. The van der Waals surface area contributed by atoms with Crippen LogP contribution in [0.3, 0.4) is 0 Å². The second-order valence-electron chi connectivity index (χ2n) is 1.81. The minimum absolute atomic E-state index is 0.312. The van der Waals surface area contributed by atoms with Gasteiger partial charge in [-0.2, -0.15) is 4.91 Å². The zero-order valence-electron chi connectivity index (χ0n) is 5.73. The molecule has 0 rings (SSSR count). The highest BCUT2D eigenvalue weighted by atomic mass is 16.5. The van der Waals surface area contributed by atoms with Crippen LogP contribution in [0.2, 0.25) is 0 Å². The third kappa shape index (κ3) is 2.38. The Morgan fingerprint density at radius 1 is 1.50 bits per heavy atom. The second-order valence-corrected chi connectivity index (χ2v) is 1.81. The van der Waals surface area contributed by atoms with Crippen LogP contribution < -0.4 is 0 Å². The predicted octanol–water partition coefficient (Wildman–Crippen LogP) is -0.879. The third-order valence-corrected chi connectivity index (χ3v) is 1.23. The summed E-state index contributed by atoms with van der Waals surface area (Å²) in [6.45, 7) is -0.712. The number of nitrogens with zero attached hydrogens (tertiary/aromatic N) is 1. The van der Waals surface area contributed by atoms with E-state index in [9.17, 15) is 4.91 Å². The number of hydrogen-bond acceptors (Lipinski definition) is 5. The maximum atomic E-state index is 9.89. The number of nitroso groups, excluding NO2 is 1. The Hall–Kier alpha value is -0.520. The van der Waals surface area contributed by atoms with Crippen molar-refractivity contribution in [2.45, 2.75) is 12.1 Å². The summed E-state index contributed by atoms with van der Waals surface area (Å²) in [5.41, 5.74) is 0. The van der Waals surface area contributed by atoms with Crippen molar-refractivity contribution >= 4 is 0 Å². The van der Waals surface area contributed by atoms with Crippen molar-refractivity contribution < 1.29 is 14.9 Å². The molecule has 0 bridgehead atoms. The van der Waals surface area contributed by atoms with Crippen LogP contribution in [-0.2, 0) is 4.74 Å². The molecule has 0 aromatic heterocycles. The van der Waals surface area contributed by atoms with E-state index in [0.29, 0.717) is 0 Å². The van der Waals surface area contributed by atoms with E-state index in [1.54, 1.807) is 0 Å². The van der Waals surface area contributed by atoms with E-state index >= 15 is 0 Å². The van der Waals surface area contributed by atoms with Gasteiger partial charge in [-0.25, -0.2) is 0 Å². The van der Waals surface area contributed by atoms with Gasteiger partial charge in [0.2, 0.25) is 0 Å². The molecule has 0 saturated heterocycles. The Morgan fingerprint density at radius 3 is 2.20 bits per heavy atom. The molecule has 0 fully saturated rings. The fourth-order valence-corrected chi connectivity index (χ4v) is 0.572. The minimum atomic E-state index is -0.866. The summed E-state index contributed by atoms with van der Waals surface area (Å²) in [5, 5.41) is 19.6. The van der Waals surface area contributed by atoms with Crippen LogP contribution in [0.15, 0.2) is 5.18 Å². The van der Waals surface area contributed by atoms with E-state index in [1.807, 2.05) is 0 Å². The van der Waals surface area contributed by atoms with Gasteiger partial charge in [0, 0.05) is 7.11 Å². The quantitative estimate of drug-likeness (QED) is 0.497. The summed E-state index contributed by atoms with van der Waals surface area (Å²) < 4.78 is 4.64. The number of rotatable bonds is 5. The van der Waals surface area contributed by atoms with Crippen molar-refractivity contribution in [2.75, 3.05) is 20.3 Å². The lowest BCUT2D eigenvalue weighted by Crippen LogP contribution is -2.32. The van der Waals surface area contributed by atoms with E-state index in [4.69, 9.17) is 10.2 Å². The van der Waals surface area contributed by atoms with E-state index < -0.39 is 18.8 Å². The monoisotopic (exact) mass is 149 g/mol. The highest BCUT2D eigenvalue weighted by Gasteiger charge is 2.19. The number of hydrogen-bond donors (Lipinski definition) is 2. The number of aliphatic hydroxyl groups is 2. The maximum absolute atomic E-state index is 9.89. The molecule has 5 nitrogen and oxygen atoms in total. The van der Waals surface area contributed by atoms with E-state index in [1.165, 1.54) is 7.11 Å². The third-order valence-electron chi connectivity index (χ3n) is 1.23. The molecule has 5 heteroatoms. The standard InChI is InChI=1S/C5H11NO4/c1-10-5(3-8)4(2-7)6-9/h4-5,7-8H,2-3H2,1H3. The van der Waals surface area contributed by atoms with Gasteiger partial charge in [0.1, 0.15) is 12.1 Å². The van der Waals surface area contributed by atoms with Crippen molar-refractivity contribution in [1.29, 1.82) is 0 Å².